The molecule has 25 heavy (non-hydrogen) atoms. The van der Waals surface area contributed by atoms with Crippen LogP contribution in [0, 0.1) is 0 Å². The highest BCUT2D eigenvalue weighted by atomic mass is 19.4. The minimum absolute atomic E-state index is 0.137. The lowest BCUT2D eigenvalue weighted by molar-refractivity contribution is -0.274. The van der Waals surface area contributed by atoms with Gasteiger partial charge in [0.1, 0.15) is 5.75 Å². The van der Waals surface area contributed by atoms with Gasteiger partial charge in [0.2, 0.25) is 5.91 Å². The van der Waals surface area contributed by atoms with Crippen molar-refractivity contribution in [1.82, 2.24) is 5.32 Å². The van der Waals surface area contributed by atoms with Crippen LogP contribution in [0.2, 0.25) is 0 Å². The number of aliphatic carboxylic acids is 2. The average molecular weight is 366 g/mol. The van der Waals surface area contributed by atoms with Crippen molar-refractivity contribution in [3.8, 4) is 5.75 Å². The molecule has 1 rings (SSSR count). The molecule has 0 radical (unpaired) electrons. The molecule has 140 valence electrons. The Labute approximate surface area is 140 Å². The maximum atomic E-state index is 11.9. The Kier molecular flexibility index (Phi) is 8.99. The van der Waals surface area contributed by atoms with Crippen LogP contribution in [0.15, 0.2) is 24.3 Å². The maximum Gasteiger partial charge on any atom is 0.573 e. The molecule has 0 bridgehead atoms. The number of halogens is 3. The van der Waals surface area contributed by atoms with E-state index in [1.54, 1.807) is 0 Å². The molecule has 0 saturated heterocycles. The molecular weight excluding hydrogens is 349 g/mol. The van der Waals surface area contributed by atoms with Gasteiger partial charge < -0.3 is 25.6 Å². The van der Waals surface area contributed by atoms with Gasteiger partial charge in [-0.15, -0.1) is 13.2 Å². The van der Waals surface area contributed by atoms with E-state index in [0.29, 0.717) is 5.69 Å². The maximum absolute atomic E-state index is 11.9. The van der Waals surface area contributed by atoms with Crippen LogP contribution in [-0.2, 0) is 14.4 Å². The summed E-state index contributed by atoms with van der Waals surface area (Å²) in [6.45, 7) is 3.94. The predicted molar refractivity (Wildman–Crippen MR) is 80.2 cm³/mol. The Morgan fingerprint density at radius 2 is 1.56 bits per heavy atom. The van der Waals surface area contributed by atoms with Crippen LogP contribution in [0.1, 0.15) is 13.8 Å². The molecule has 1 aromatic carbocycles. The van der Waals surface area contributed by atoms with Crippen LogP contribution >= 0.6 is 0 Å². The standard InChI is InChI=1S/C12H15F3N2O2.C2H2O4/c1-8(2)16-7-11(18)17-9-3-5-10(6-4-9)19-12(13,14)15;3-1(4)2(5)6/h3-6,8,16H,7H2,1-2H3,(H,17,18);(H,3,4)(H,5,6). The summed E-state index contributed by atoms with van der Waals surface area (Å²) < 4.78 is 39.5. The first kappa shape index (κ1) is 22.2. The molecule has 0 heterocycles. The molecule has 0 aliphatic heterocycles. The molecule has 4 N–H and O–H groups in total. The molecule has 0 unspecified atom stereocenters. The van der Waals surface area contributed by atoms with Crippen molar-refractivity contribution in [2.75, 3.05) is 11.9 Å². The van der Waals surface area contributed by atoms with Gasteiger partial charge in [-0.25, -0.2) is 9.59 Å². The van der Waals surface area contributed by atoms with Gasteiger partial charge in [0.25, 0.3) is 0 Å². The molecule has 0 atom stereocenters. The van der Waals surface area contributed by atoms with Gasteiger partial charge in [-0.1, -0.05) is 13.8 Å². The monoisotopic (exact) mass is 366 g/mol. The molecule has 0 fully saturated rings. The number of nitrogens with one attached hydrogen (secondary N) is 2. The second-order valence-electron chi connectivity index (χ2n) is 4.77. The van der Waals surface area contributed by atoms with Crippen LogP contribution in [0.4, 0.5) is 18.9 Å². The first-order valence-electron chi connectivity index (χ1n) is 6.76. The first-order chi connectivity index (χ1) is 11.4. The molecule has 11 heteroatoms. The second-order valence-corrected chi connectivity index (χ2v) is 4.77. The zero-order valence-corrected chi connectivity index (χ0v) is 13.3. The lowest BCUT2D eigenvalue weighted by atomic mass is 10.3. The topological polar surface area (TPSA) is 125 Å². The van der Waals surface area contributed by atoms with Crippen molar-refractivity contribution < 1.29 is 42.5 Å². The Morgan fingerprint density at radius 1 is 1.08 bits per heavy atom. The van der Waals surface area contributed by atoms with E-state index in [9.17, 15) is 18.0 Å². The summed E-state index contributed by atoms with van der Waals surface area (Å²) in [5.41, 5.74) is 0.407. The van der Waals surface area contributed by atoms with E-state index in [4.69, 9.17) is 19.8 Å². The number of carbonyl (C=O) groups excluding carboxylic acids is 1. The number of alkyl halides is 3. The van der Waals surface area contributed by atoms with Crippen molar-refractivity contribution in [2.45, 2.75) is 26.3 Å². The highest BCUT2D eigenvalue weighted by Crippen LogP contribution is 2.23. The summed E-state index contributed by atoms with van der Waals surface area (Å²) in [4.78, 5) is 29.6. The third-order valence-corrected chi connectivity index (χ3v) is 2.23. The Bertz CT molecular complexity index is 575. The lowest BCUT2D eigenvalue weighted by Crippen LogP contribution is -2.32. The van der Waals surface area contributed by atoms with E-state index in [2.05, 4.69) is 15.4 Å². The van der Waals surface area contributed by atoms with Crippen molar-refractivity contribution in [3.63, 3.8) is 0 Å². The number of ether oxygens (including phenoxy) is 1. The average Bonchev–Trinajstić information content (AvgIpc) is 2.46. The van der Waals surface area contributed by atoms with Gasteiger partial charge in [0, 0.05) is 11.7 Å². The number of rotatable bonds is 5. The van der Waals surface area contributed by atoms with E-state index < -0.39 is 18.3 Å². The molecule has 1 aromatic rings. The normalized spacial score (nSPS) is 10.5. The van der Waals surface area contributed by atoms with Gasteiger partial charge in [0.05, 0.1) is 6.54 Å². The van der Waals surface area contributed by atoms with Crippen molar-refractivity contribution in [1.29, 1.82) is 0 Å². The molecule has 8 nitrogen and oxygen atoms in total. The molecule has 0 saturated carbocycles. The molecule has 0 spiro atoms. The molecular formula is C14H17F3N2O6. The van der Waals surface area contributed by atoms with Crippen molar-refractivity contribution >= 4 is 23.5 Å². The SMILES string of the molecule is CC(C)NCC(=O)Nc1ccc(OC(F)(F)F)cc1.O=C(O)C(=O)O. The quantitative estimate of drug-likeness (QED) is 0.584. The van der Waals surface area contributed by atoms with Crippen molar-refractivity contribution in [3.05, 3.63) is 24.3 Å². The van der Waals surface area contributed by atoms with Crippen molar-refractivity contribution in [2.24, 2.45) is 0 Å². The van der Waals surface area contributed by atoms with Gasteiger partial charge in [-0.2, -0.15) is 0 Å². The van der Waals surface area contributed by atoms with Crippen LogP contribution in [0.5, 0.6) is 5.75 Å². The molecule has 0 aliphatic rings. The largest absolute Gasteiger partial charge is 0.573 e. The van der Waals surface area contributed by atoms with E-state index in [0.717, 1.165) is 12.1 Å². The summed E-state index contributed by atoms with van der Waals surface area (Å²) >= 11 is 0. The van der Waals surface area contributed by atoms with Gasteiger partial charge in [-0.05, 0) is 24.3 Å². The van der Waals surface area contributed by atoms with Crippen LogP contribution in [0.25, 0.3) is 0 Å². The third kappa shape index (κ3) is 12.3. The summed E-state index contributed by atoms with van der Waals surface area (Å²) in [6.07, 6.45) is -4.72. The van der Waals surface area contributed by atoms with Crippen LogP contribution < -0.4 is 15.4 Å². The molecule has 1 amide bonds. The predicted octanol–water partition coefficient (Wildman–Crippen LogP) is 1.68. The number of carboxylic acids is 2. The number of hydrogen-bond donors (Lipinski definition) is 4. The fourth-order valence-electron chi connectivity index (χ4n) is 1.24. The number of hydrogen-bond acceptors (Lipinski definition) is 5. The summed E-state index contributed by atoms with van der Waals surface area (Å²) in [7, 11) is 0. The van der Waals surface area contributed by atoms with Gasteiger partial charge in [0.15, 0.2) is 0 Å². The Hall–Kier alpha value is -2.82. The highest BCUT2D eigenvalue weighted by molar-refractivity contribution is 6.27. The smallest absolute Gasteiger partial charge is 0.473 e. The second kappa shape index (κ2) is 10.1. The van der Waals surface area contributed by atoms with E-state index in [1.165, 1.54) is 12.1 Å². The minimum Gasteiger partial charge on any atom is -0.473 e. The molecule has 0 aromatic heterocycles. The van der Waals surface area contributed by atoms with Gasteiger partial charge in [-0.3, -0.25) is 4.79 Å². The highest BCUT2D eigenvalue weighted by Gasteiger charge is 2.30. The Balaban J connectivity index is 0.000000823. The van der Waals surface area contributed by atoms with E-state index in [1.807, 2.05) is 13.8 Å². The van der Waals surface area contributed by atoms with E-state index in [-0.39, 0.29) is 24.2 Å². The number of benzene rings is 1. The number of carboxylic acid groups (broad SMARTS) is 2. The van der Waals surface area contributed by atoms with E-state index >= 15 is 0 Å². The molecule has 0 aliphatic carbocycles. The Morgan fingerprint density at radius 3 is 1.92 bits per heavy atom. The number of anilines is 1. The van der Waals surface area contributed by atoms with Crippen LogP contribution in [0.3, 0.4) is 0 Å². The fourth-order valence-corrected chi connectivity index (χ4v) is 1.24. The fraction of sp³-hybridized carbons (Fsp3) is 0.357. The minimum atomic E-state index is -4.72. The first-order valence-corrected chi connectivity index (χ1v) is 6.76. The lowest BCUT2D eigenvalue weighted by Gasteiger charge is -2.11. The number of amides is 1. The number of carbonyl (C=O) groups is 3. The zero-order chi connectivity index (χ0) is 19.6. The zero-order valence-electron chi connectivity index (χ0n) is 13.3. The third-order valence-electron chi connectivity index (χ3n) is 2.23. The summed E-state index contributed by atoms with van der Waals surface area (Å²) in [5, 5.41) is 20.3. The summed E-state index contributed by atoms with van der Waals surface area (Å²) in [6, 6.07) is 5.13. The van der Waals surface area contributed by atoms with Crippen LogP contribution in [-0.4, -0.2) is 47.0 Å². The van der Waals surface area contributed by atoms with Gasteiger partial charge >= 0.3 is 18.3 Å². The summed E-state index contributed by atoms with van der Waals surface area (Å²) in [5.74, 6) is -4.24.